The number of fused-ring (bicyclic) bond motifs is 1. The van der Waals surface area contributed by atoms with Gasteiger partial charge < -0.3 is 14.8 Å². The minimum Gasteiger partial charge on any atom is -0.463 e. The first-order chi connectivity index (χ1) is 17.8. The van der Waals surface area contributed by atoms with Gasteiger partial charge in [0.15, 0.2) is 0 Å². The average Bonchev–Trinajstić information content (AvgIpc) is 2.87. The van der Waals surface area contributed by atoms with Crippen molar-refractivity contribution in [3.8, 4) is 11.1 Å². The van der Waals surface area contributed by atoms with Gasteiger partial charge in [-0.05, 0) is 100 Å². The lowest BCUT2D eigenvalue weighted by Crippen LogP contribution is -2.46. The Labute approximate surface area is 218 Å². The number of aromatic nitrogens is 1. The zero-order chi connectivity index (χ0) is 26.4. The third kappa shape index (κ3) is 7.18. The van der Waals surface area contributed by atoms with Crippen molar-refractivity contribution in [3.05, 3.63) is 60.2 Å². The minimum absolute atomic E-state index is 0.0573. The number of carbonyl (C=O) groups is 2. The van der Waals surface area contributed by atoms with E-state index >= 15 is 0 Å². The van der Waals surface area contributed by atoms with E-state index in [9.17, 15) is 14.0 Å². The predicted octanol–water partition coefficient (Wildman–Crippen LogP) is 6.41. The van der Waals surface area contributed by atoms with E-state index in [0.29, 0.717) is 18.4 Å². The lowest BCUT2D eigenvalue weighted by molar-refractivity contribution is -0.155. The molecule has 1 aromatic heterocycles. The van der Waals surface area contributed by atoms with E-state index in [0.717, 1.165) is 48.9 Å². The summed E-state index contributed by atoms with van der Waals surface area (Å²) in [5.41, 5.74) is 2.47. The van der Waals surface area contributed by atoms with Crippen LogP contribution in [0.2, 0.25) is 0 Å². The van der Waals surface area contributed by atoms with Gasteiger partial charge >= 0.3 is 12.1 Å². The van der Waals surface area contributed by atoms with Crippen LogP contribution in [0, 0.1) is 29.5 Å². The van der Waals surface area contributed by atoms with Crippen molar-refractivity contribution in [3.63, 3.8) is 0 Å². The topological polar surface area (TPSA) is 77.5 Å². The molecular weight excluding hydrogens is 471 g/mol. The number of rotatable bonds is 7. The molecule has 0 spiro atoms. The third-order valence-corrected chi connectivity index (χ3v) is 7.48. The number of alkyl carbamates (subject to hydrolysis) is 1. The molecule has 1 aromatic carbocycles. The summed E-state index contributed by atoms with van der Waals surface area (Å²) in [6.07, 6.45) is 9.69. The molecule has 6 nitrogen and oxygen atoms in total. The van der Waals surface area contributed by atoms with Gasteiger partial charge in [-0.25, -0.2) is 9.18 Å². The second kappa shape index (κ2) is 12.3. The number of esters is 1. The Morgan fingerprint density at radius 3 is 2.68 bits per heavy atom. The molecule has 7 heteroatoms. The number of nitrogens with zero attached hydrogens (tertiary/aromatic N) is 1. The van der Waals surface area contributed by atoms with Crippen LogP contribution in [0.25, 0.3) is 17.2 Å². The second-order valence-electron chi connectivity index (χ2n) is 10.5. The summed E-state index contributed by atoms with van der Waals surface area (Å²) in [6, 6.07) is 10.4. The van der Waals surface area contributed by atoms with Gasteiger partial charge in [-0.1, -0.05) is 24.3 Å². The molecule has 1 amide bonds. The lowest BCUT2D eigenvalue weighted by Gasteiger charge is -2.45. The van der Waals surface area contributed by atoms with Gasteiger partial charge in [0, 0.05) is 17.8 Å². The van der Waals surface area contributed by atoms with Crippen molar-refractivity contribution in [1.29, 1.82) is 0 Å². The number of hydrogen-bond acceptors (Lipinski definition) is 5. The van der Waals surface area contributed by atoms with Crippen molar-refractivity contribution in [2.75, 3.05) is 6.61 Å². The maximum Gasteiger partial charge on any atom is 0.407 e. The molecule has 0 saturated heterocycles. The van der Waals surface area contributed by atoms with Crippen LogP contribution in [0.4, 0.5) is 9.18 Å². The van der Waals surface area contributed by atoms with Crippen LogP contribution in [-0.2, 0) is 14.3 Å². The van der Waals surface area contributed by atoms with Crippen molar-refractivity contribution >= 4 is 18.1 Å². The quantitative estimate of drug-likeness (QED) is 0.437. The van der Waals surface area contributed by atoms with Gasteiger partial charge in [0.25, 0.3) is 0 Å². The number of hydrogen-bond donors (Lipinski definition) is 1. The summed E-state index contributed by atoms with van der Waals surface area (Å²) in [5, 5.41) is 3.00. The molecule has 0 aliphatic heterocycles. The normalized spacial score (nSPS) is 25.5. The van der Waals surface area contributed by atoms with Crippen molar-refractivity contribution < 1.29 is 23.5 Å². The molecule has 2 aromatic rings. The fourth-order valence-corrected chi connectivity index (χ4v) is 5.86. The van der Waals surface area contributed by atoms with Gasteiger partial charge in [-0.15, -0.1) is 0 Å². The molecule has 5 atom stereocenters. The molecule has 1 heterocycles. The van der Waals surface area contributed by atoms with Crippen LogP contribution in [0.1, 0.15) is 58.6 Å². The summed E-state index contributed by atoms with van der Waals surface area (Å²) < 4.78 is 24.2. The van der Waals surface area contributed by atoms with Crippen molar-refractivity contribution in [2.45, 2.75) is 65.0 Å². The number of allylic oxidation sites excluding steroid dienone is 1. The SMILES string of the molecule is CCOC(=O)N[C@@H]1CC[C@@H]2[C@@H](C1)C[C@@H](C(=O)OC(C)C)C[C@H]2/C=C/c1ccc(-c2cccc(F)c2)cn1. The maximum atomic E-state index is 13.6. The van der Waals surface area contributed by atoms with Crippen LogP contribution < -0.4 is 5.32 Å². The molecular formula is C30H37FN2O4. The number of benzene rings is 1. The zero-order valence-electron chi connectivity index (χ0n) is 21.9. The summed E-state index contributed by atoms with van der Waals surface area (Å²) >= 11 is 0. The van der Waals surface area contributed by atoms with Crippen LogP contribution >= 0.6 is 0 Å². The Bertz CT molecular complexity index is 1100. The summed E-state index contributed by atoms with van der Waals surface area (Å²) in [6.45, 7) is 5.89. The second-order valence-corrected chi connectivity index (χ2v) is 10.5. The van der Waals surface area contributed by atoms with Gasteiger partial charge in [0.05, 0.1) is 24.3 Å². The molecule has 37 heavy (non-hydrogen) atoms. The largest absolute Gasteiger partial charge is 0.463 e. The first kappa shape index (κ1) is 26.8. The molecule has 2 aliphatic rings. The smallest absolute Gasteiger partial charge is 0.407 e. The predicted molar refractivity (Wildman–Crippen MR) is 141 cm³/mol. The standard InChI is InChI=1S/C30H37FN2O4/c1-4-36-30(35)33-27-12-13-28-21(14-24(15-23(28)17-27)29(34)37-19(2)3)8-10-26-11-9-22(18-32-26)20-6-5-7-25(31)16-20/h5-11,16,18-19,21,23-24,27-28H,4,12-15,17H2,1-3H3,(H,33,35)/b10-8+/t21-,23-,24+,27-,28+/m1/s1. The first-order valence-corrected chi connectivity index (χ1v) is 13.4. The number of carbonyl (C=O) groups excluding carboxylic acids is 2. The van der Waals surface area contributed by atoms with E-state index in [-0.39, 0.29) is 41.9 Å². The van der Waals surface area contributed by atoms with Gasteiger partial charge in [0.2, 0.25) is 0 Å². The highest BCUT2D eigenvalue weighted by Gasteiger charge is 2.43. The van der Waals surface area contributed by atoms with E-state index in [1.54, 1.807) is 19.2 Å². The van der Waals surface area contributed by atoms with Crippen LogP contribution in [0.5, 0.6) is 0 Å². The number of ether oxygens (including phenoxy) is 2. The highest BCUT2D eigenvalue weighted by molar-refractivity contribution is 5.73. The minimum atomic E-state index is -0.373. The van der Waals surface area contributed by atoms with Gasteiger partial charge in [0.1, 0.15) is 5.82 Å². The fourth-order valence-electron chi connectivity index (χ4n) is 5.86. The Balaban J connectivity index is 1.48. The summed E-state index contributed by atoms with van der Waals surface area (Å²) in [4.78, 5) is 29.4. The van der Waals surface area contributed by atoms with Crippen LogP contribution in [0.15, 0.2) is 48.7 Å². The third-order valence-electron chi connectivity index (χ3n) is 7.48. The Hall–Kier alpha value is -3.22. The molecule has 1 N–H and O–H groups in total. The monoisotopic (exact) mass is 508 g/mol. The van der Waals surface area contributed by atoms with Crippen LogP contribution in [-0.4, -0.2) is 35.8 Å². The highest BCUT2D eigenvalue weighted by Crippen LogP contribution is 2.47. The zero-order valence-corrected chi connectivity index (χ0v) is 21.9. The van der Waals surface area contributed by atoms with Crippen LogP contribution in [0.3, 0.4) is 0 Å². The Kier molecular flexibility index (Phi) is 8.95. The molecule has 0 radical (unpaired) electrons. The van der Waals surface area contributed by atoms with E-state index in [4.69, 9.17) is 9.47 Å². The summed E-state index contributed by atoms with van der Waals surface area (Å²) in [7, 11) is 0. The fraction of sp³-hybridized carbons (Fsp3) is 0.500. The Morgan fingerprint density at radius 2 is 1.97 bits per heavy atom. The molecule has 2 fully saturated rings. The molecule has 2 saturated carbocycles. The number of nitrogens with one attached hydrogen (secondary N) is 1. The summed E-state index contributed by atoms with van der Waals surface area (Å²) in [5.74, 6) is 0.402. The molecule has 0 unspecified atom stereocenters. The molecule has 2 aliphatic carbocycles. The molecule has 4 rings (SSSR count). The van der Waals surface area contributed by atoms with Crippen molar-refractivity contribution in [1.82, 2.24) is 10.3 Å². The van der Waals surface area contributed by atoms with Gasteiger partial charge in [-0.2, -0.15) is 0 Å². The first-order valence-electron chi connectivity index (χ1n) is 13.4. The van der Waals surface area contributed by atoms with Crippen molar-refractivity contribution in [2.24, 2.45) is 23.7 Å². The Morgan fingerprint density at radius 1 is 1.14 bits per heavy atom. The average molecular weight is 509 g/mol. The highest BCUT2D eigenvalue weighted by atomic mass is 19.1. The number of halogens is 1. The van der Waals surface area contributed by atoms with E-state index in [1.165, 1.54) is 12.1 Å². The maximum absolute atomic E-state index is 13.6. The lowest BCUT2D eigenvalue weighted by atomic mass is 9.61. The number of amides is 1. The molecule has 0 bridgehead atoms. The molecule has 198 valence electrons. The number of pyridine rings is 1. The van der Waals surface area contributed by atoms with E-state index in [2.05, 4.69) is 16.4 Å². The van der Waals surface area contributed by atoms with E-state index < -0.39 is 0 Å². The van der Waals surface area contributed by atoms with E-state index in [1.807, 2.05) is 38.1 Å². The van der Waals surface area contributed by atoms with Gasteiger partial charge in [-0.3, -0.25) is 9.78 Å².